The predicted molar refractivity (Wildman–Crippen MR) is 72.6 cm³/mol. The molecular weight excluding hydrogens is 249 g/mol. The summed E-state index contributed by atoms with van der Waals surface area (Å²) in [5, 5.41) is 0. The first-order valence-electron chi connectivity index (χ1n) is 6.35. The molecule has 1 fully saturated rings. The predicted octanol–water partition coefficient (Wildman–Crippen LogP) is 3.38. The third-order valence-electron chi connectivity index (χ3n) is 3.50. The fraction of sp³-hybridized carbons (Fsp3) is 0.500. The first-order valence-corrected chi connectivity index (χ1v) is 6.80. The lowest BCUT2D eigenvalue weighted by molar-refractivity contribution is 0.0760. The van der Waals surface area contributed by atoms with Crippen molar-refractivity contribution in [2.24, 2.45) is 5.92 Å². The number of amides is 1. The van der Waals surface area contributed by atoms with Crippen molar-refractivity contribution in [3.8, 4) is 0 Å². The van der Waals surface area contributed by atoms with E-state index >= 15 is 0 Å². The molecule has 0 spiro atoms. The molecule has 18 heavy (non-hydrogen) atoms. The summed E-state index contributed by atoms with van der Waals surface area (Å²) < 4.78 is 13.1. The molecule has 0 N–H and O–H groups in total. The molecule has 1 unspecified atom stereocenters. The molecule has 2 nitrogen and oxygen atoms in total. The second-order valence-corrected chi connectivity index (χ2v) is 5.48. The highest BCUT2D eigenvalue weighted by Crippen LogP contribution is 2.20. The maximum Gasteiger partial charge on any atom is 0.253 e. The molecule has 1 aromatic rings. The molecule has 0 radical (unpaired) electrons. The molecule has 1 atom stereocenters. The molecule has 0 bridgehead atoms. The Hall–Kier alpha value is -1.03. The minimum atomic E-state index is -0.389. The number of halogens is 1. The first kappa shape index (κ1) is 13.4. The maximum absolute atomic E-state index is 13.1. The lowest BCUT2D eigenvalue weighted by Crippen LogP contribution is -2.32. The van der Waals surface area contributed by atoms with E-state index in [1.807, 2.05) is 4.90 Å². The summed E-state index contributed by atoms with van der Waals surface area (Å²) in [6, 6.07) is 4.34. The van der Waals surface area contributed by atoms with Crippen LogP contribution in [0.1, 0.15) is 36.5 Å². The number of nitrogens with zero attached hydrogens (tertiary/aromatic N) is 1. The SMILES string of the molecule is CC1CCCN(C(=O)c2ccc(F)c(S)c2)CC1. The van der Waals surface area contributed by atoms with Gasteiger partial charge in [-0.3, -0.25) is 4.79 Å². The van der Waals surface area contributed by atoms with Crippen LogP contribution >= 0.6 is 12.6 Å². The Balaban J connectivity index is 2.12. The molecule has 1 aliphatic heterocycles. The van der Waals surface area contributed by atoms with Gasteiger partial charge in [-0.25, -0.2) is 4.39 Å². The molecular formula is C14H18FNOS. The number of hydrogen-bond acceptors (Lipinski definition) is 2. The normalized spacial score (nSPS) is 20.6. The van der Waals surface area contributed by atoms with E-state index in [0.29, 0.717) is 11.5 Å². The summed E-state index contributed by atoms with van der Waals surface area (Å²) in [7, 11) is 0. The van der Waals surface area contributed by atoms with E-state index in [9.17, 15) is 9.18 Å². The van der Waals surface area contributed by atoms with Gasteiger partial charge in [-0.2, -0.15) is 0 Å². The summed E-state index contributed by atoms with van der Waals surface area (Å²) in [4.78, 5) is 14.4. The number of benzene rings is 1. The van der Waals surface area contributed by atoms with Gasteiger partial charge in [-0.1, -0.05) is 6.92 Å². The lowest BCUT2D eigenvalue weighted by Gasteiger charge is -2.20. The summed E-state index contributed by atoms with van der Waals surface area (Å²) >= 11 is 4.02. The number of carbonyl (C=O) groups is 1. The number of likely N-dealkylation sites (tertiary alicyclic amines) is 1. The van der Waals surface area contributed by atoms with E-state index in [-0.39, 0.29) is 16.6 Å². The van der Waals surface area contributed by atoms with Crippen molar-refractivity contribution in [2.45, 2.75) is 31.1 Å². The third kappa shape index (κ3) is 3.05. The van der Waals surface area contributed by atoms with Gasteiger partial charge < -0.3 is 4.90 Å². The topological polar surface area (TPSA) is 20.3 Å². The molecule has 1 saturated heterocycles. The van der Waals surface area contributed by atoms with Crippen molar-refractivity contribution >= 4 is 18.5 Å². The number of hydrogen-bond donors (Lipinski definition) is 1. The number of rotatable bonds is 1. The van der Waals surface area contributed by atoms with Gasteiger partial charge in [0.1, 0.15) is 5.82 Å². The van der Waals surface area contributed by atoms with Crippen LogP contribution in [0, 0.1) is 11.7 Å². The Morgan fingerprint density at radius 1 is 1.39 bits per heavy atom. The smallest absolute Gasteiger partial charge is 0.253 e. The number of thiol groups is 1. The van der Waals surface area contributed by atoms with Crippen LogP contribution in [0.5, 0.6) is 0 Å². The Bertz CT molecular complexity index is 449. The molecule has 1 aromatic carbocycles. The lowest BCUT2D eigenvalue weighted by atomic mass is 10.0. The maximum atomic E-state index is 13.1. The standard InChI is InChI=1S/C14H18FNOS/c1-10-3-2-7-16(8-6-10)14(17)11-4-5-12(15)13(18)9-11/h4-5,9-10,18H,2-3,6-8H2,1H3. The van der Waals surface area contributed by atoms with E-state index < -0.39 is 0 Å². The van der Waals surface area contributed by atoms with Crippen molar-refractivity contribution in [1.29, 1.82) is 0 Å². The summed E-state index contributed by atoms with van der Waals surface area (Å²) in [5.74, 6) is 0.273. The van der Waals surface area contributed by atoms with Crippen LogP contribution in [0.2, 0.25) is 0 Å². The molecule has 0 aliphatic carbocycles. The van der Waals surface area contributed by atoms with E-state index in [4.69, 9.17) is 0 Å². The van der Waals surface area contributed by atoms with Crippen molar-refractivity contribution in [3.05, 3.63) is 29.6 Å². The summed E-state index contributed by atoms with van der Waals surface area (Å²) in [6.07, 6.45) is 3.26. The van der Waals surface area contributed by atoms with Crippen LogP contribution in [0.4, 0.5) is 4.39 Å². The van der Waals surface area contributed by atoms with Crippen LogP contribution in [-0.4, -0.2) is 23.9 Å². The molecule has 1 amide bonds. The molecule has 1 heterocycles. The zero-order chi connectivity index (χ0) is 13.1. The average Bonchev–Trinajstić information content (AvgIpc) is 2.57. The number of carbonyl (C=O) groups excluding carboxylic acids is 1. The van der Waals surface area contributed by atoms with E-state index in [0.717, 1.165) is 25.9 Å². The van der Waals surface area contributed by atoms with E-state index in [2.05, 4.69) is 19.6 Å². The third-order valence-corrected chi connectivity index (χ3v) is 3.84. The monoisotopic (exact) mass is 267 g/mol. The van der Waals surface area contributed by atoms with Gasteiger partial charge >= 0.3 is 0 Å². The molecule has 1 aliphatic rings. The van der Waals surface area contributed by atoms with Crippen LogP contribution in [0.15, 0.2) is 23.1 Å². The molecule has 4 heteroatoms. The molecule has 98 valence electrons. The van der Waals surface area contributed by atoms with Crippen LogP contribution in [0.3, 0.4) is 0 Å². The zero-order valence-electron chi connectivity index (χ0n) is 10.5. The second kappa shape index (κ2) is 5.74. The van der Waals surface area contributed by atoms with Crippen LogP contribution < -0.4 is 0 Å². The Morgan fingerprint density at radius 3 is 2.89 bits per heavy atom. The fourth-order valence-electron chi connectivity index (χ4n) is 2.29. The summed E-state index contributed by atoms with van der Waals surface area (Å²) in [6.45, 7) is 3.80. The van der Waals surface area contributed by atoms with Crippen molar-refractivity contribution in [3.63, 3.8) is 0 Å². The highest BCUT2D eigenvalue weighted by molar-refractivity contribution is 7.80. The van der Waals surface area contributed by atoms with Gasteiger partial charge in [-0.05, 0) is 43.4 Å². The van der Waals surface area contributed by atoms with E-state index in [1.54, 1.807) is 0 Å². The highest BCUT2D eigenvalue weighted by atomic mass is 32.1. The minimum Gasteiger partial charge on any atom is -0.339 e. The fourth-order valence-corrected chi connectivity index (χ4v) is 2.51. The Kier molecular flexibility index (Phi) is 4.27. The van der Waals surface area contributed by atoms with Gasteiger partial charge in [0.25, 0.3) is 5.91 Å². The van der Waals surface area contributed by atoms with Gasteiger partial charge in [-0.15, -0.1) is 12.6 Å². The van der Waals surface area contributed by atoms with Gasteiger partial charge in [0.2, 0.25) is 0 Å². The zero-order valence-corrected chi connectivity index (χ0v) is 11.4. The highest BCUT2D eigenvalue weighted by Gasteiger charge is 2.20. The van der Waals surface area contributed by atoms with Crippen molar-refractivity contribution in [1.82, 2.24) is 4.90 Å². The Labute approximate surface area is 113 Å². The first-order chi connectivity index (χ1) is 8.58. The van der Waals surface area contributed by atoms with Gasteiger partial charge in [0, 0.05) is 23.5 Å². The molecule has 0 saturated carbocycles. The van der Waals surface area contributed by atoms with Crippen molar-refractivity contribution in [2.75, 3.05) is 13.1 Å². The average molecular weight is 267 g/mol. The summed E-state index contributed by atoms with van der Waals surface area (Å²) in [5.41, 5.74) is 0.524. The molecule has 2 rings (SSSR count). The van der Waals surface area contributed by atoms with Crippen LogP contribution in [-0.2, 0) is 0 Å². The van der Waals surface area contributed by atoms with Crippen LogP contribution in [0.25, 0.3) is 0 Å². The van der Waals surface area contributed by atoms with Gasteiger partial charge in [0.15, 0.2) is 0 Å². The second-order valence-electron chi connectivity index (χ2n) is 4.99. The van der Waals surface area contributed by atoms with E-state index in [1.165, 1.54) is 24.6 Å². The minimum absolute atomic E-state index is 0.0144. The quantitative estimate of drug-likeness (QED) is 0.773. The molecule has 0 aromatic heterocycles. The van der Waals surface area contributed by atoms with Crippen molar-refractivity contribution < 1.29 is 9.18 Å². The van der Waals surface area contributed by atoms with Gasteiger partial charge in [0.05, 0.1) is 0 Å². The Morgan fingerprint density at radius 2 is 2.17 bits per heavy atom. The largest absolute Gasteiger partial charge is 0.339 e.